The Labute approximate surface area is 94.5 Å². The molecule has 3 N–H and O–H groups in total. The van der Waals surface area contributed by atoms with Crippen LogP contribution in [0.15, 0.2) is 0 Å². The molecule has 0 saturated heterocycles. The molecule has 0 aromatic heterocycles. The summed E-state index contributed by atoms with van der Waals surface area (Å²) in [5, 5.41) is 2.41. The number of nitrogens with one attached hydrogen (secondary N) is 1. The van der Waals surface area contributed by atoms with Crippen LogP contribution in [0.25, 0.3) is 0 Å². The molecule has 0 heterocycles. The van der Waals surface area contributed by atoms with Crippen molar-refractivity contribution in [1.29, 1.82) is 0 Å². The highest BCUT2D eigenvalue weighted by Crippen LogP contribution is 2.09. The van der Waals surface area contributed by atoms with E-state index in [1.165, 1.54) is 6.92 Å². The molecule has 0 saturated carbocycles. The number of rotatable bonds is 6. The predicted octanol–water partition coefficient (Wildman–Crippen LogP) is -0.434. The van der Waals surface area contributed by atoms with E-state index in [1.807, 2.05) is 0 Å². The molecule has 2 atom stereocenters. The summed E-state index contributed by atoms with van der Waals surface area (Å²) in [4.78, 5) is 33.1. The molecule has 0 unspecified atom stereocenters. The van der Waals surface area contributed by atoms with Crippen LogP contribution >= 0.6 is 0 Å². The van der Waals surface area contributed by atoms with Gasteiger partial charge >= 0.3 is 5.97 Å². The maximum Gasteiger partial charge on any atom is 0.306 e. The summed E-state index contributed by atoms with van der Waals surface area (Å²) in [5.41, 5.74) is 5.13. The average molecular weight is 230 g/mol. The third-order valence-corrected chi connectivity index (χ3v) is 2.03. The van der Waals surface area contributed by atoms with Gasteiger partial charge in [-0.2, -0.15) is 0 Å². The molecular weight excluding hydrogens is 212 g/mol. The number of amides is 2. The van der Waals surface area contributed by atoms with E-state index in [0.717, 1.165) is 0 Å². The molecule has 0 radical (unpaired) electrons. The van der Waals surface area contributed by atoms with Crippen molar-refractivity contribution >= 4 is 17.8 Å². The Morgan fingerprint density at radius 2 is 1.94 bits per heavy atom. The van der Waals surface area contributed by atoms with Gasteiger partial charge in [-0.25, -0.2) is 0 Å². The van der Waals surface area contributed by atoms with Crippen molar-refractivity contribution in [1.82, 2.24) is 5.32 Å². The van der Waals surface area contributed by atoms with Gasteiger partial charge in [-0.1, -0.05) is 6.92 Å². The molecule has 0 aromatic rings. The Morgan fingerprint density at radius 3 is 2.31 bits per heavy atom. The zero-order valence-electron chi connectivity index (χ0n) is 9.78. The number of hydrogen-bond acceptors (Lipinski definition) is 4. The lowest BCUT2D eigenvalue weighted by molar-refractivity contribution is -0.144. The lowest BCUT2D eigenvalue weighted by atomic mass is 9.97. The number of esters is 1. The fraction of sp³-hybridized carbons (Fsp3) is 0.700. The van der Waals surface area contributed by atoms with Crippen molar-refractivity contribution in [2.45, 2.75) is 33.2 Å². The van der Waals surface area contributed by atoms with Gasteiger partial charge in [0.15, 0.2) is 0 Å². The van der Waals surface area contributed by atoms with Crippen molar-refractivity contribution in [2.24, 2.45) is 11.7 Å². The maximum atomic E-state index is 11.2. The lowest BCUT2D eigenvalue weighted by Gasteiger charge is -2.20. The van der Waals surface area contributed by atoms with Crippen molar-refractivity contribution < 1.29 is 19.1 Å². The summed E-state index contributed by atoms with van der Waals surface area (Å²) in [7, 11) is 0. The third kappa shape index (κ3) is 5.33. The minimum absolute atomic E-state index is 0.0434. The standard InChI is InChI=1S/C10H18N2O4/c1-4-16-8(14)5-6(2)9(10(11)15)12-7(3)13/h6,9H,4-5H2,1-3H3,(H2,11,15)(H,12,13)/t6-,9-/m1/s1. The first-order chi connectivity index (χ1) is 7.38. The lowest BCUT2D eigenvalue weighted by Crippen LogP contribution is -2.48. The molecule has 0 bridgehead atoms. The largest absolute Gasteiger partial charge is 0.466 e. The van der Waals surface area contributed by atoms with Crippen molar-refractivity contribution in [3.8, 4) is 0 Å². The van der Waals surface area contributed by atoms with Crippen molar-refractivity contribution in [2.75, 3.05) is 6.61 Å². The molecule has 2 amide bonds. The Bertz CT molecular complexity index is 278. The van der Waals surface area contributed by atoms with Crippen molar-refractivity contribution in [3.63, 3.8) is 0 Å². The second-order valence-electron chi connectivity index (χ2n) is 3.57. The molecule has 0 aliphatic heterocycles. The van der Waals surface area contributed by atoms with Crippen LogP contribution in [0.1, 0.15) is 27.2 Å². The van der Waals surface area contributed by atoms with E-state index >= 15 is 0 Å². The van der Waals surface area contributed by atoms with Gasteiger partial charge in [-0.05, 0) is 12.8 Å². The van der Waals surface area contributed by atoms with Gasteiger partial charge in [0.2, 0.25) is 11.8 Å². The zero-order chi connectivity index (χ0) is 12.7. The van der Waals surface area contributed by atoms with Gasteiger partial charge < -0.3 is 15.8 Å². The molecule has 0 aliphatic rings. The summed E-state index contributed by atoms with van der Waals surface area (Å²) < 4.78 is 4.74. The summed E-state index contributed by atoms with van der Waals surface area (Å²) in [6.07, 6.45) is 0.0434. The normalized spacial score (nSPS) is 13.7. The van der Waals surface area contributed by atoms with Gasteiger partial charge in [-0.3, -0.25) is 14.4 Å². The molecule has 0 fully saturated rings. The molecule has 0 aromatic carbocycles. The summed E-state index contributed by atoms with van der Waals surface area (Å²) >= 11 is 0. The minimum atomic E-state index is -0.845. The van der Waals surface area contributed by atoms with Gasteiger partial charge in [0, 0.05) is 6.92 Å². The van der Waals surface area contributed by atoms with Crippen LogP contribution in [0.2, 0.25) is 0 Å². The van der Waals surface area contributed by atoms with E-state index in [0.29, 0.717) is 0 Å². The van der Waals surface area contributed by atoms with Gasteiger partial charge in [0.1, 0.15) is 6.04 Å². The van der Waals surface area contributed by atoms with E-state index in [2.05, 4.69) is 5.32 Å². The number of carbonyl (C=O) groups excluding carboxylic acids is 3. The number of carbonyl (C=O) groups is 3. The van der Waals surface area contributed by atoms with E-state index in [-0.39, 0.29) is 24.9 Å². The van der Waals surface area contributed by atoms with Crippen LogP contribution in [0.5, 0.6) is 0 Å². The van der Waals surface area contributed by atoms with Crippen LogP contribution in [0.4, 0.5) is 0 Å². The molecule has 6 nitrogen and oxygen atoms in total. The Kier molecular flexibility index (Phi) is 6.14. The molecule has 0 rings (SSSR count). The van der Waals surface area contributed by atoms with E-state index in [4.69, 9.17) is 10.5 Å². The second-order valence-corrected chi connectivity index (χ2v) is 3.57. The average Bonchev–Trinajstić information content (AvgIpc) is 2.13. The monoisotopic (exact) mass is 230 g/mol. The van der Waals surface area contributed by atoms with E-state index in [1.54, 1.807) is 13.8 Å². The fourth-order valence-corrected chi connectivity index (χ4v) is 1.31. The fourth-order valence-electron chi connectivity index (χ4n) is 1.31. The highest BCUT2D eigenvalue weighted by Gasteiger charge is 2.25. The van der Waals surface area contributed by atoms with Crippen LogP contribution in [0, 0.1) is 5.92 Å². The quantitative estimate of drug-likeness (QED) is 0.604. The smallest absolute Gasteiger partial charge is 0.306 e. The topological polar surface area (TPSA) is 98.5 Å². The Balaban J connectivity index is 4.38. The number of ether oxygens (including phenoxy) is 1. The minimum Gasteiger partial charge on any atom is -0.466 e. The summed E-state index contributed by atoms with van der Waals surface area (Å²) in [5.74, 6) is -1.82. The van der Waals surface area contributed by atoms with Gasteiger partial charge in [0.25, 0.3) is 0 Å². The van der Waals surface area contributed by atoms with Crippen molar-refractivity contribution in [3.05, 3.63) is 0 Å². The van der Waals surface area contributed by atoms with Gasteiger partial charge in [-0.15, -0.1) is 0 Å². The zero-order valence-corrected chi connectivity index (χ0v) is 9.78. The van der Waals surface area contributed by atoms with Crippen LogP contribution in [0.3, 0.4) is 0 Å². The third-order valence-electron chi connectivity index (χ3n) is 2.03. The Morgan fingerprint density at radius 1 is 1.38 bits per heavy atom. The summed E-state index contributed by atoms with van der Waals surface area (Å²) in [6, 6.07) is -0.845. The highest BCUT2D eigenvalue weighted by atomic mass is 16.5. The Hall–Kier alpha value is -1.59. The first kappa shape index (κ1) is 14.4. The molecule has 6 heteroatoms. The van der Waals surface area contributed by atoms with Crippen LogP contribution in [-0.2, 0) is 19.1 Å². The molecule has 16 heavy (non-hydrogen) atoms. The SMILES string of the molecule is CCOC(=O)C[C@@H](C)[C@@H](NC(C)=O)C(N)=O. The number of nitrogens with two attached hydrogens (primary N) is 1. The first-order valence-electron chi connectivity index (χ1n) is 5.10. The van der Waals surface area contributed by atoms with E-state index in [9.17, 15) is 14.4 Å². The highest BCUT2D eigenvalue weighted by molar-refractivity contribution is 5.86. The number of hydrogen-bond donors (Lipinski definition) is 2. The summed E-state index contributed by atoms with van der Waals surface area (Å²) in [6.45, 7) is 4.92. The van der Waals surface area contributed by atoms with Gasteiger partial charge in [0.05, 0.1) is 13.0 Å². The van der Waals surface area contributed by atoms with Crippen LogP contribution < -0.4 is 11.1 Å². The second kappa shape index (κ2) is 6.81. The van der Waals surface area contributed by atoms with E-state index < -0.39 is 17.9 Å². The van der Waals surface area contributed by atoms with Crippen LogP contribution in [-0.4, -0.2) is 30.4 Å². The first-order valence-corrected chi connectivity index (χ1v) is 5.10. The molecule has 0 aliphatic carbocycles. The number of primary amides is 1. The molecule has 92 valence electrons. The molecule has 0 spiro atoms. The predicted molar refractivity (Wildman–Crippen MR) is 57.2 cm³/mol. The molecular formula is C10H18N2O4. The maximum absolute atomic E-state index is 11.2.